The van der Waals surface area contributed by atoms with Gasteiger partial charge in [0.15, 0.2) is 0 Å². The van der Waals surface area contributed by atoms with E-state index in [1.165, 1.54) is 28.4 Å². The van der Waals surface area contributed by atoms with Crippen LogP contribution in [0.15, 0.2) is 0 Å². The van der Waals surface area contributed by atoms with Gasteiger partial charge < -0.3 is 0 Å². The van der Waals surface area contributed by atoms with Crippen molar-refractivity contribution < 1.29 is 0 Å². The molecule has 0 N–H and O–H groups in total. The molecular weight excluding hydrogens is 246 g/mol. The van der Waals surface area contributed by atoms with Crippen molar-refractivity contribution in [3.63, 3.8) is 0 Å². The fourth-order valence-corrected chi connectivity index (χ4v) is 3.46. The topological polar surface area (TPSA) is 12.9 Å². The zero-order valence-corrected chi connectivity index (χ0v) is 10.4. The summed E-state index contributed by atoms with van der Waals surface area (Å²) in [5.41, 5.74) is 1.20. The van der Waals surface area contributed by atoms with Crippen LogP contribution >= 0.6 is 27.3 Å². The highest BCUT2D eigenvalue weighted by Gasteiger charge is 2.29. The summed E-state index contributed by atoms with van der Waals surface area (Å²) in [7, 11) is 0. The molecule has 1 atom stereocenters. The Hall–Kier alpha value is 0.110. The Labute approximate surface area is 91.7 Å². The highest BCUT2D eigenvalue weighted by Crippen LogP contribution is 2.38. The highest BCUT2D eigenvalue weighted by molar-refractivity contribution is 9.09. The molecule has 0 aliphatic heterocycles. The number of thiazole rings is 1. The number of nitrogens with zero attached hydrogens (tertiary/aromatic N) is 1. The summed E-state index contributed by atoms with van der Waals surface area (Å²) in [6, 6.07) is 0. The second-order valence-corrected chi connectivity index (χ2v) is 6.27. The third-order valence-electron chi connectivity index (χ3n) is 2.58. The molecular formula is C10H14BrNS. The molecule has 72 valence electrons. The van der Waals surface area contributed by atoms with Crippen LogP contribution in [0.25, 0.3) is 0 Å². The number of halogens is 1. The molecule has 1 unspecified atom stereocenters. The number of hydrogen-bond donors (Lipinski definition) is 0. The molecule has 1 saturated carbocycles. The first-order valence-electron chi connectivity index (χ1n) is 4.74. The van der Waals surface area contributed by atoms with Crippen molar-refractivity contribution in [3.05, 3.63) is 15.6 Å². The highest BCUT2D eigenvalue weighted by atomic mass is 79.9. The third kappa shape index (κ3) is 2.32. The number of rotatable bonds is 3. The summed E-state index contributed by atoms with van der Waals surface area (Å²) in [6.07, 6.45) is 3.92. The van der Waals surface area contributed by atoms with E-state index in [9.17, 15) is 0 Å². The molecule has 0 radical (unpaired) electrons. The minimum absolute atomic E-state index is 0.664. The van der Waals surface area contributed by atoms with Crippen molar-refractivity contribution in [2.45, 2.75) is 37.9 Å². The zero-order chi connectivity index (χ0) is 9.42. The van der Waals surface area contributed by atoms with Crippen LogP contribution < -0.4 is 0 Å². The van der Waals surface area contributed by atoms with Crippen LogP contribution in [-0.4, -0.2) is 9.81 Å². The van der Waals surface area contributed by atoms with E-state index in [4.69, 9.17) is 0 Å². The second-order valence-electron chi connectivity index (χ2n) is 3.81. The maximum Gasteiger partial charge on any atom is 0.0942 e. The molecule has 0 saturated heterocycles. The van der Waals surface area contributed by atoms with Crippen molar-refractivity contribution in [1.82, 2.24) is 4.98 Å². The van der Waals surface area contributed by atoms with Crippen molar-refractivity contribution in [2.24, 2.45) is 5.92 Å². The molecule has 1 aliphatic rings. The molecule has 0 amide bonds. The fraction of sp³-hybridized carbons (Fsp3) is 0.700. The maximum atomic E-state index is 4.55. The van der Waals surface area contributed by atoms with Crippen LogP contribution in [0.4, 0.5) is 0 Å². The second kappa shape index (κ2) is 3.70. The van der Waals surface area contributed by atoms with E-state index in [-0.39, 0.29) is 0 Å². The monoisotopic (exact) mass is 259 g/mol. The molecule has 1 aromatic rings. The lowest BCUT2D eigenvalue weighted by atomic mass is 10.2. The normalized spacial score (nSPS) is 19.0. The van der Waals surface area contributed by atoms with Crippen LogP contribution in [0.5, 0.6) is 0 Å². The van der Waals surface area contributed by atoms with Crippen LogP contribution in [0, 0.1) is 19.8 Å². The van der Waals surface area contributed by atoms with E-state index >= 15 is 0 Å². The molecule has 1 fully saturated rings. The first-order chi connectivity index (χ1) is 6.16. The summed E-state index contributed by atoms with van der Waals surface area (Å²) in [5.74, 6) is 0.921. The van der Waals surface area contributed by atoms with Crippen molar-refractivity contribution in [3.8, 4) is 0 Å². The van der Waals surface area contributed by atoms with E-state index in [1.54, 1.807) is 0 Å². The first-order valence-corrected chi connectivity index (χ1v) is 6.47. The summed E-state index contributed by atoms with van der Waals surface area (Å²) in [6.45, 7) is 4.24. The van der Waals surface area contributed by atoms with Crippen molar-refractivity contribution in [1.29, 1.82) is 0 Å². The lowest BCUT2D eigenvalue weighted by Gasteiger charge is -2.03. The Morgan fingerprint density at radius 1 is 1.54 bits per heavy atom. The predicted molar refractivity (Wildman–Crippen MR) is 60.7 cm³/mol. The van der Waals surface area contributed by atoms with Gasteiger partial charge in [0.05, 0.1) is 10.7 Å². The van der Waals surface area contributed by atoms with E-state index in [2.05, 4.69) is 34.8 Å². The number of aromatic nitrogens is 1. The smallest absolute Gasteiger partial charge is 0.0942 e. The standard InChI is InChI=1S/C10H14BrNS/c1-6-7(2)13-10(12-6)5-9(11)8-3-4-8/h8-9H,3-5H2,1-2H3. The van der Waals surface area contributed by atoms with E-state index in [0.717, 1.165) is 12.3 Å². The van der Waals surface area contributed by atoms with Gasteiger partial charge in [-0.05, 0) is 32.6 Å². The number of hydrogen-bond acceptors (Lipinski definition) is 2. The Bertz CT molecular complexity index is 284. The molecule has 1 aliphatic carbocycles. The van der Waals surface area contributed by atoms with Gasteiger partial charge >= 0.3 is 0 Å². The lowest BCUT2D eigenvalue weighted by molar-refractivity contribution is 0.755. The van der Waals surface area contributed by atoms with Crippen LogP contribution in [0.3, 0.4) is 0 Å². The number of alkyl halides is 1. The largest absolute Gasteiger partial charge is 0.246 e. The predicted octanol–water partition coefficient (Wildman–Crippen LogP) is 3.48. The molecule has 0 bridgehead atoms. The van der Waals surface area contributed by atoms with Gasteiger partial charge in [-0.15, -0.1) is 11.3 Å². The molecule has 1 aromatic heterocycles. The van der Waals surface area contributed by atoms with Gasteiger partial charge in [0, 0.05) is 16.1 Å². The average Bonchev–Trinajstić information content (AvgIpc) is 2.81. The van der Waals surface area contributed by atoms with Crippen LogP contribution in [-0.2, 0) is 6.42 Å². The SMILES string of the molecule is Cc1nc(CC(Br)C2CC2)sc1C. The maximum absolute atomic E-state index is 4.55. The molecule has 1 heterocycles. The summed E-state index contributed by atoms with van der Waals surface area (Å²) in [4.78, 5) is 6.58. The number of aryl methyl sites for hydroxylation is 2. The van der Waals surface area contributed by atoms with E-state index in [0.29, 0.717) is 4.83 Å². The van der Waals surface area contributed by atoms with E-state index in [1.807, 2.05) is 11.3 Å². The zero-order valence-electron chi connectivity index (χ0n) is 8.01. The molecule has 0 spiro atoms. The molecule has 1 nitrogen and oxygen atoms in total. The van der Waals surface area contributed by atoms with Crippen molar-refractivity contribution in [2.75, 3.05) is 0 Å². The minimum Gasteiger partial charge on any atom is -0.246 e. The first kappa shape index (κ1) is 9.66. The average molecular weight is 260 g/mol. The van der Waals surface area contributed by atoms with Crippen LogP contribution in [0.2, 0.25) is 0 Å². The Morgan fingerprint density at radius 3 is 2.69 bits per heavy atom. The van der Waals surface area contributed by atoms with Gasteiger partial charge in [-0.1, -0.05) is 15.9 Å². The molecule has 13 heavy (non-hydrogen) atoms. The van der Waals surface area contributed by atoms with Crippen LogP contribution in [0.1, 0.15) is 28.4 Å². The van der Waals surface area contributed by atoms with Crippen molar-refractivity contribution >= 4 is 27.3 Å². The van der Waals surface area contributed by atoms with Gasteiger partial charge in [0.25, 0.3) is 0 Å². The molecule has 3 heteroatoms. The minimum atomic E-state index is 0.664. The Morgan fingerprint density at radius 2 is 2.23 bits per heavy atom. The summed E-state index contributed by atoms with van der Waals surface area (Å²) in [5, 5.41) is 1.30. The summed E-state index contributed by atoms with van der Waals surface area (Å²) < 4.78 is 0. The Balaban J connectivity index is 2.00. The van der Waals surface area contributed by atoms with Gasteiger partial charge in [0.2, 0.25) is 0 Å². The van der Waals surface area contributed by atoms with Gasteiger partial charge in [0.1, 0.15) is 0 Å². The fourth-order valence-electron chi connectivity index (χ4n) is 1.42. The Kier molecular flexibility index (Phi) is 2.75. The third-order valence-corrected chi connectivity index (χ3v) is 4.74. The van der Waals surface area contributed by atoms with Gasteiger partial charge in [-0.2, -0.15) is 0 Å². The lowest BCUT2D eigenvalue weighted by Crippen LogP contribution is -2.04. The molecule has 0 aromatic carbocycles. The summed E-state index contributed by atoms with van der Waals surface area (Å²) >= 11 is 5.59. The van der Waals surface area contributed by atoms with Gasteiger partial charge in [-0.25, -0.2) is 4.98 Å². The van der Waals surface area contributed by atoms with E-state index < -0.39 is 0 Å². The quantitative estimate of drug-likeness (QED) is 0.758. The van der Waals surface area contributed by atoms with Gasteiger partial charge in [-0.3, -0.25) is 0 Å². The molecule has 2 rings (SSSR count).